The standard InChI is InChI=1S/C16H14O6/c1-21-13-3-2-8(4-10(13)18)14-7-12(20)16-11(19)5-9(17)6-15(16)22-14/h3-6,17-19H,2,7H2,1H3/b14-8+. The van der Waals surface area contributed by atoms with Crippen LogP contribution in [-0.2, 0) is 4.74 Å². The number of hydrogen-bond donors (Lipinski definition) is 3. The topological polar surface area (TPSA) is 96.2 Å². The third-order valence-corrected chi connectivity index (χ3v) is 3.55. The lowest BCUT2D eigenvalue weighted by Gasteiger charge is -2.23. The summed E-state index contributed by atoms with van der Waals surface area (Å²) in [6.07, 6.45) is 3.58. The third kappa shape index (κ3) is 2.28. The molecule has 1 aromatic carbocycles. The fraction of sp³-hybridized carbons (Fsp3) is 0.188. The highest BCUT2D eigenvalue weighted by Crippen LogP contribution is 2.40. The highest BCUT2D eigenvalue weighted by molar-refractivity contribution is 6.03. The van der Waals surface area contributed by atoms with E-state index in [1.165, 1.54) is 19.3 Å². The first-order valence-electron chi connectivity index (χ1n) is 6.64. The number of rotatable bonds is 1. The molecule has 0 unspecified atom stereocenters. The number of allylic oxidation sites excluding steroid dienone is 4. The van der Waals surface area contributed by atoms with Gasteiger partial charge < -0.3 is 24.8 Å². The highest BCUT2D eigenvalue weighted by Gasteiger charge is 2.28. The zero-order valence-corrected chi connectivity index (χ0v) is 11.8. The molecule has 0 atom stereocenters. The quantitative estimate of drug-likeness (QED) is 0.738. The van der Waals surface area contributed by atoms with Crippen molar-refractivity contribution in [2.45, 2.75) is 12.8 Å². The van der Waals surface area contributed by atoms with E-state index < -0.39 is 0 Å². The van der Waals surface area contributed by atoms with Crippen molar-refractivity contribution in [3.63, 3.8) is 0 Å². The van der Waals surface area contributed by atoms with Crippen LogP contribution in [0.2, 0.25) is 0 Å². The van der Waals surface area contributed by atoms with Gasteiger partial charge in [-0.1, -0.05) is 0 Å². The van der Waals surface area contributed by atoms with Crippen LogP contribution in [0.4, 0.5) is 0 Å². The summed E-state index contributed by atoms with van der Waals surface area (Å²) >= 11 is 0. The summed E-state index contributed by atoms with van der Waals surface area (Å²) < 4.78 is 10.6. The number of methoxy groups -OCH3 is 1. The second kappa shape index (κ2) is 5.14. The average molecular weight is 302 g/mol. The Morgan fingerprint density at radius 3 is 2.68 bits per heavy atom. The zero-order chi connectivity index (χ0) is 15.9. The number of hydrogen-bond acceptors (Lipinski definition) is 6. The number of fused-ring (bicyclic) bond motifs is 1. The van der Waals surface area contributed by atoms with E-state index in [1.807, 2.05) is 0 Å². The number of Topliss-reactive ketones (excluding diaryl/α,β-unsaturated/α-hetero) is 1. The lowest BCUT2D eigenvalue weighted by Crippen LogP contribution is -2.16. The summed E-state index contributed by atoms with van der Waals surface area (Å²) in [5, 5.41) is 29.1. The molecular weight excluding hydrogens is 288 g/mol. The van der Waals surface area contributed by atoms with Crippen LogP contribution in [0.15, 0.2) is 47.1 Å². The Bertz CT molecular complexity index is 754. The first-order chi connectivity index (χ1) is 10.5. The normalized spacial score (nSPS) is 20.7. The maximum atomic E-state index is 12.2. The monoisotopic (exact) mass is 302 g/mol. The largest absolute Gasteiger partial charge is 0.508 e. The Hall–Kier alpha value is -2.89. The van der Waals surface area contributed by atoms with Crippen molar-refractivity contribution in [1.82, 2.24) is 0 Å². The van der Waals surface area contributed by atoms with Crippen LogP contribution < -0.4 is 4.74 Å². The van der Waals surface area contributed by atoms with Crippen molar-refractivity contribution in [1.29, 1.82) is 0 Å². The summed E-state index contributed by atoms with van der Waals surface area (Å²) in [5.41, 5.74) is 0.694. The van der Waals surface area contributed by atoms with Gasteiger partial charge in [0, 0.05) is 12.1 Å². The minimum absolute atomic E-state index is 0.0272. The van der Waals surface area contributed by atoms with Gasteiger partial charge in [-0.3, -0.25) is 4.79 Å². The average Bonchev–Trinajstić information content (AvgIpc) is 2.45. The van der Waals surface area contributed by atoms with E-state index in [2.05, 4.69) is 0 Å². The van der Waals surface area contributed by atoms with Crippen molar-refractivity contribution in [2.75, 3.05) is 7.11 Å². The number of aromatic hydroxyl groups is 2. The molecule has 0 spiro atoms. The van der Waals surface area contributed by atoms with Crippen LogP contribution >= 0.6 is 0 Å². The van der Waals surface area contributed by atoms with Gasteiger partial charge in [0.05, 0.1) is 13.5 Å². The van der Waals surface area contributed by atoms with Gasteiger partial charge in [0.2, 0.25) is 0 Å². The summed E-state index contributed by atoms with van der Waals surface area (Å²) in [4.78, 5) is 12.2. The molecule has 6 heteroatoms. The van der Waals surface area contributed by atoms with Crippen LogP contribution in [0, 0.1) is 0 Å². The third-order valence-electron chi connectivity index (χ3n) is 3.55. The Kier molecular flexibility index (Phi) is 3.29. The van der Waals surface area contributed by atoms with Crippen molar-refractivity contribution in [2.24, 2.45) is 0 Å². The van der Waals surface area contributed by atoms with Gasteiger partial charge in [-0.15, -0.1) is 0 Å². The first-order valence-corrected chi connectivity index (χ1v) is 6.64. The second-order valence-corrected chi connectivity index (χ2v) is 4.99. The molecule has 0 bridgehead atoms. The van der Waals surface area contributed by atoms with E-state index in [0.29, 0.717) is 23.5 Å². The number of carbonyl (C=O) groups is 1. The molecule has 1 heterocycles. The summed E-state index contributed by atoms with van der Waals surface area (Å²) in [7, 11) is 1.45. The predicted octanol–water partition coefficient (Wildman–Crippen LogP) is 2.69. The molecule has 1 aromatic rings. The lowest BCUT2D eigenvalue weighted by atomic mass is 9.96. The van der Waals surface area contributed by atoms with Crippen LogP contribution in [0.1, 0.15) is 23.2 Å². The molecule has 114 valence electrons. The molecule has 22 heavy (non-hydrogen) atoms. The number of ketones is 1. The highest BCUT2D eigenvalue weighted by atomic mass is 16.5. The zero-order valence-electron chi connectivity index (χ0n) is 11.8. The molecule has 0 saturated heterocycles. The molecule has 0 aromatic heterocycles. The van der Waals surface area contributed by atoms with E-state index in [1.54, 1.807) is 6.08 Å². The number of aliphatic hydroxyl groups excluding tert-OH is 1. The smallest absolute Gasteiger partial charge is 0.177 e. The molecular formula is C16H14O6. The van der Waals surface area contributed by atoms with Crippen LogP contribution in [0.5, 0.6) is 17.2 Å². The minimum Gasteiger partial charge on any atom is -0.508 e. The molecule has 2 aliphatic rings. The minimum atomic E-state index is -0.312. The van der Waals surface area contributed by atoms with Crippen molar-refractivity contribution in [3.8, 4) is 17.2 Å². The van der Waals surface area contributed by atoms with E-state index in [9.17, 15) is 20.1 Å². The number of carbonyl (C=O) groups excluding carboxylic acids is 1. The second-order valence-electron chi connectivity index (χ2n) is 4.99. The Labute approximate surface area is 126 Å². The van der Waals surface area contributed by atoms with Crippen LogP contribution in [0.25, 0.3) is 0 Å². The lowest BCUT2D eigenvalue weighted by molar-refractivity contribution is 0.0960. The Morgan fingerprint density at radius 1 is 1.23 bits per heavy atom. The number of ether oxygens (including phenoxy) is 2. The first kappa shape index (κ1) is 14.1. The molecule has 6 nitrogen and oxygen atoms in total. The van der Waals surface area contributed by atoms with E-state index in [-0.39, 0.29) is 40.8 Å². The predicted molar refractivity (Wildman–Crippen MR) is 76.8 cm³/mol. The van der Waals surface area contributed by atoms with Crippen molar-refractivity contribution >= 4 is 5.78 Å². The molecule has 0 saturated carbocycles. The van der Waals surface area contributed by atoms with Crippen LogP contribution in [0.3, 0.4) is 0 Å². The fourth-order valence-electron chi connectivity index (χ4n) is 2.51. The molecule has 0 radical (unpaired) electrons. The van der Waals surface area contributed by atoms with E-state index >= 15 is 0 Å². The SMILES string of the molecule is COC1=CC/C(=C2/CC(=O)c3c(O)cc(O)cc3O2)C=C1O. The molecule has 1 aliphatic carbocycles. The number of aliphatic hydroxyl groups is 1. The van der Waals surface area contributed by atoms with Gasteiger partial charge in [-0.2, -0.15) is 0 Å². The fourth-order valence-corrected chi connectivity index (χ4v) is 2.51. The van der Waals surface area contributed by atoms with Gasteiger partial charge >= 0.3 is 0 Å². The van der Waals surface area contributed by atoms with Crippen LogP contribution in [-0.4, -0.2) is 28.2 Å². The van der Waals surface area contributed by atoms with Gasteiger partial charge in [0.25, 0.3) is 0 Å². The van der Waals surface area contributed by atoms with Gasteiger partial charge in [0.15, 0.2) is 17.3 Å². The van der Waals surface area contributed by atoms with E-state index in [4.69, 9.17) is 9.47 Å². The van der Waals surface area contributed by atoms with Gasteiger partial charge in [-0.05, 0) is 24.1 Å². The van der Waals surface area contributed by atoms with Gasteiger partial charge in [0.1, 0.15) is 28.6 Å². The van der Waals surface area contributed by atoms with Crippen molar-refractivity contribution in [3.05, 3.63) is 52.7 Å². The van der Waals surface area contributed by atoms with Crippen molar-refractivity contribution < 1.29 is 29.6 Å². The van der Waals surface area contributed by atoms with Gasteiger partial charge in [-0.25, -0.2) is 0 Å². The molecule has 0 amide bonds. The number of phenolic OH excluding ortho intramolecular Hbond substituents is 2. The summed E-state index contributed by atoms with van der Waals surface area (Å²) in [6.45, 7) is 0. The number of benzene rings is 1. The molecule has 0 fully saturated rings. The summed E-state index contributed by atoms with van der Waals surface area (Å²) in [6, 6.07) is 2.37. The maximum absolute atomic E-state index is 12.2. The van der Waals surface area contributed by atoms with E-state index in [0.717, 1.165) is 6.07 Å². The molecule has 3 N–H and O–H groups in total. The summed E-state index contributed by atoms with van der Waals surface area (Å²) in [5.74, 6) is -0.0210. The maximum Gasteiger partial charge on any atom is 0.177 e. The molecule has 1 aliphatic heterocycles. The molecule has 3 rings (SSSR count). The number of phenols is 2. The Balaban J connectivity index is 2.02. The Morgan fingerprint density at radius 2 is 2.00 bits per heavy atom.